The average Bonchev–Trinajstić information content (AvgIpc) is 2.82. The van der Waals surface area contributed by atoms with Crippen molar-refractivity contribution < 1.29 is 4.79 Å². The molecule has 4 heteroatoms. The van der Waals surface area contributed by atoms with Gasteiger partial charge in [-0.05, 0) is 37.3 Å². The van der Waals surface area contributed by atoms with Gasteiger partial charge in [0, 0.05) is 16.8 Å². The molecule has 1 amide bonds. The van der Waals surface area contributed by atoms with E-state index < -0.39 is 0 Å². The summed E-state index contributed by atoms with van der Waals surface area (Å²) in [7, 11) is 0. The van der Waals surface area contributed by atoms with E-state index in [1.165, 1.54) is 4.88 Å². The van der Waals surface area contributed by atoms with Gasteiger partial charge in [-0.1, -0.05) is 29.8 Å². The number of rotatable bonds is 7. The van der Waals surface area contributed by atoms with Crippen LogP contribution in [0.3, 0.4) is 0 Å². The molecule has 1 aromatic rings. The summed E-state index contributed by atoms with van der Waals surface area (Å²) in [6.07, 6.45) is 3.20. The van der Waals surface area contributed by atoms with Gasteiger partial charge in [-0.3, -0.25) is 4.79 Å². The zero-order valence-electron chi connectivity index (χ0n) is 10.5. The molecule has 17 heavy (non-hydrogen) atoms. The first kappa shape index (κ1) is 14.7. The van der Waals surface area contributed by atoms with Gasteiger partial charge in [-0.2, -0.15) is 0 Å². The second-order valence-corrected chi connectivity index (χ2v) is 6.09. The lowest BCUT2D eigenvalue weighted by Crippen LogP contribution is -2.23. The molecule has 0 spiro atoms. The van der Waals surface area contributed by atoms with E-state index in [0.717, 1.165) is 36.0 Å². The van der Waals surface area contributed by atoms with Crippen molar-refractivity contribution in [2.24, 2.45) is 5.92 Å². The molecule has 0 aliphatic rings. The van der Waals surface area contributed by atoms with Crippen LogP contribution < -0.4 is 5.32 Å². The van der Waals surface area contributed by atoms with E-state index >= 15 is 0 Å². The Labute approximate surface area is 116 Å². The first-order chi connectivity index (χ1) is 8.17. The van der Waals surface area contributed by atoms with E-state index in [1.807, 2.05) is 12.1 Å². The Bertz CT molecular complexity index is 351. The van der Waals surface area contributed by atoms with Gasteiger partial charge in [0.25, 0.3) is 5.91 Å². The number of carbonyl (C=O) groups is 1. The summed E-state index contributed by atoms with van der Waals surface area (Å²) < 4.78 is 0. The lowest BCUT2D eigenvalue weighted by Gasteiger charge is -2.07. The van der Waals surface area contributed by atoms with E-state index in [9.17, 15) is 4.79 Å². The number of halogens is 1. The first-order valence-corrected chi connectivity index (χ1v) is 8.04. The van der Waals surface area contributed by atoms with Crippen LogP contribution in [0.15, 0.2) is 12.1 Å². The molecule has 1 N–H and O–H groups in total. The molecule has 1 aromatic heterocycles. The van der Waals surface area contributed by atoms with E-state index in [-0.39, 0.29) is 5.91 Å². The Morgan fingerprint density at radius 3 is 2.88 bits per heavy atom. The fourth-order valence-electron chi connectivity index (χ4n) is 1.51. The summed E-state index contributed by atoms with van der Waals surface area (Å²) in [5.41, 5.74) is 0. The van der Waals surface area contributed by atoms with Crippen LogP contribution in [0.5, 0.6) is 0 Å². The number of amides is 1. The highest BCUT2D eigenvalue weighted by atomic mass is 79.9. The van der Waals surface area contributed by atoms with Crippen LogP contribution in [-0.2, 0) is 6.42 Å². The van der Waals surface area contributed by atoms with Gasteiger partial charge in [-0.15, -0.1) is 11.3 Å². The lowest BCUT2D eigenvalue weighted by molar-refractivity contribution is 0.0956. The predicted molar refractivity (Wildman–Crippen MR) is 78.2 cm³/mol. The largest absolute Gasteiger partial charge is 0.351 e. The number of carbonyl (C=O) groups excluding carboxylic acids is 1. The molecule has 1 heterocycles. The van der Waals surface area contributed by atoms with E-state index in [2.05, 4.69) is 35.1 Å². The average molecular weight is 318 g/mol. The Balaban J connectivity index is 2.25. The first-order valence-electron chi connectivity index (χ1n) is 6.10. The van der Waals surface area contributed by atoms with E-state index in [0.29, 0.717) is 5.92 Å². The molecule has 0 saturated heterocycles. The molecule has 96 valence electrons. The number of hydrogen-bond acceptors (Lipinski definition) is 2. The lowest BCUT2D eigenvalue weighted by atomic mass is 10.1. The van der Waals surface area contributed by atoms with E-state index in [4.69, 9.17) is 0 Å². The molecular formula is C13H20BrNOS. The normalized spacial score (nSPS) is 12.4. The van der Waals surface area contributed by atoms with Crippen molar-refractivity contribution in [3.05, 3.63) is 21.9 Å². The van der Waals surface area contributed by atoms with Crippen LogP contribution in [0.25, 0.3) is 0 Å². The number of hydrogen-bond donors (Lipinski definition) is 1. The van der Waals surface area contributed by atoms with Gasteiger partial charge in [0.1, 0.15) is 0 Å². The zero-order valence-corrected chi connectivity index (χ0v) is 12.9. The van der Waals surface area contributed by atoms with Gasteiger partial charge < -0.3 is 5.32 Å². The molecule has 0 bridgehead atoms. The van der Waals surface area contributed by atoms with Crippen LogP contribution in [0.2, 0.25) is 0 Å². The Kier molecular flexibility index (Phi) is 6.82. The quantitative estimate of drug-likeness (QED) is 0.600. The smallest absolute Gasteiger partial charge is 0.261 e. The summed E-state index contributed by atoms with van der Waals surface area (Å²) >= 11 is 5.05. The monoisotopic (exact) mass is 317 g/mol. The summed E-state index contributed by atoms with van der Waals surface area (Å²) in [6, 6.07) is 3.95. The minimum Gasteiger partial charge on any atom is -0.351 e. The topological polar surface area (TPSA) is 29.1 Å². The summed E-state index contributed by atoms with van der Waals surface area (Å²) in [5, 5.41) is 4.01. The van der Waals surface area contributed by atoms with Gasteiger partial charge in [0.15, 0.2) is 0 Å². The van der Waals surface area contributed by atoms with Crippen LogP contribution in [0.1, 0.15) is 41.2 Å². The molecule has 0 radical (unpaired) electrons. The van der Waals surface area contributed by atoms with Crippen molar-refractivity contribution in [1.29, 1.82) is 0 Å². The van der Waals surface area contributed by atoms with Crippen molar-refractivity contribution in [3.8, 4) is 0 Å². The Morgan fingerprint density at radius 2 is 2.29 bits per heavy atom. The summed E-state index contributed by atoms with van der Waals surface area (Å²) in [5.74, 6) is 0.751. The number of alkyl halides is 1. The van der Waals surface area contributed by atoms with Crippen LogP contribution in [0, 0.1) is 5.92 Å². The summed E-state index contributed by atoms with van der Waals surface area (Å²) in [4.78, 5) is 13.9. The predicted octanol–water partition coefficient (Wildman–Crippen LogP) is 3.85. The third-order valence-corrected chi connectivity index (χ3v) is 4.99. The van der Waals surface area contributed by atoms with Crippen LogP contribution >= 0.6 is 27.3 Å². The molecule has 1 unspecified atom stereocenters. The second kappa shape index (κ2) is 7.88. The fourth-order valence-corrected chi connectivity index (χ4v) is 2.69. The molecule has 0 fully saturated rings. The molecule has 0 aliphatic heterocycles. The van der Waals surface area contributed by atoms with Crippen LogP contribution in [-0.4, -0.2) is 17.8 Å². The van der Waals surface area contributed by atoms with Gasteiger partial charge in [0.05, 0.1) is 4.88 Å². The number of thiophene rings is 1. The maximum absolute atomic E-state index is 11.8. The Morgan fingerprint density at radius 1 is 1.53 bits per heavy atom. The van der Waals surface area contributed by atoms with Crippen LogP contribution in [0.4, 0.5) is 0 Å². The minimum absolute atomic E-state index is 0.0706. The number of aryl methyl sites for hydroxylation is 1. The third-order valence-electron chi connectivity index (χ3n) is 2.66. The summed E-state index contributed by atoms with van der Waals surface area (Å²) in [6.45, 7) is 5.09. The minimum atomic E-state index is 0.0706. The molecule has 0 aromatic carbocycles. The molecule has 2 nitrogen and oxygen atoms in total. The van der Waals surface area contributed by atoms with Crippen molar-refractivity contribution in [2.75, 3.05) is 11.9 Å². The molecule has 1 rings (SSSR count). The molecule has 0 aliphatic carbocycles. The maximum atomic E-state index is 11.8. The highest BCUT2D eigenvalue weighted by molar-refractivity contribution is 9.09. The van der Waals surface area contributed by atoms with E-state index in [1.54, 1.807) is 11.3 Å². The second-order valence-electron chi connectivity index (χ2n) is 4.28. The Hall–Kier alpha value is -0.350. The molecule has 1 atom stereocenters. The van der Waals surface area contributed by atoms with Gasteiger partial charge in [0.2, 0.25) is 0 Å². The van der Waals surface area contributed by atoms with Crippen molar-refractivity contribution in [1.82, 2.24) is 5.32 Å². The zero-order chi connectivity index (χ0) is 12.7. The van der Waals surface area contributed by atoms with Crippen molar-refractivity contribution in [2.45, 2.75) is 33.1 Å². The van der Waals surface area contributed by atoms with Crippen molar-refractivity contribution >= 4 is 33.2 Å². The SMILES string of the molecule is CCc1ccc(C(=O)NCCCC(C)CBr)s1. The molecular weight excluding hydrogens is 298 g/mol. The number of nitrogens with one attached hydrogen (secondary N) is 1. The highest BCUT2D eigenvalue weighted by Gasteiger charge is 2.08. The fraction of sp³-hybridized carbons (Fsp3) is 0.615. The van der Waals surface area contributed by atoms with Gasteiger partial charge in [-0.25, -0.2) is 0 Å². The molecule has 0 saturated carbocycles. The third kappa shape index (κ3) is 5.21. The van der Waals surface area contributed by atoms with Gasteiger partial charge >= 0.3 is 0 Å². The highest BCUT2D eigenvalue weighted by Crippen LogP contribution is 2.16. The maximum Gasteiger partial charge on any atom is 0.261 e. The van der Waals surface area contributed by atoms with Crippen molar-refractivity contribution in [3.63, 3.8) is 0 Å². The standard InChI is InChI=1S/C13H20BrNOS/c1-3-11-6-7-12(17-11)13(16)15-8-4-5-10(2)9-14/h6-7,10H,3-5,8-9H2,1-2H3,(H,15,16).